The quantitative estimate of drug-likeness (QED) is 0.640. The van der Waals surface area contributed by atoms with Crippen LogP contribution in [0, 0.1) is 0 Å². The van der Waals surface area contributed by atoms with Gasteiger partial charge in [0.05, 0.1) is 0 Å². The molecular formula is C9H21N3O2S. The van der Waals surface area contributed by atoms with E-state index >= 15 is 0 Å². The zero-order chi connectivity index (χ0) is 11.5. The largest absolute Gasteiger partial charge is 0.313 e. The van der Waals surface area contributed by atoms with Gasteiger partial charge >= 0.3 is 0 Å². The summed E-state index contributed by atoms with van der Waals surface area (Å²) >= 11 is 0. The van der Waals surface area contributed by atoms with Gasteiger partial charge in [0, 0.05) is 24.7 Å². The lowest BCUT2D eigenvalue weighted by atomic mass is 10.0. The smallest absolute Gasteiger partial charge is 0.277 e. The van der Waals surface area contributed by atoms with Crippen molar-refractivity contribution in [2.45, 2.75) is 51.7 Å². The lowest BCUT2D eigenvalue weighted by Crippen LogP contribution is -2.52. The van der Waals surface area contributed by atoms with Gasteiger partial charge in [0.2, 0.25) is 0 Å². The molecule has 0 amide bonds. The molecule has 0 spiro atoms. The fourth-order valence-electron chi connectivity index (χ4n) is 1.66. The second-order valence-corrected chi connectivity index (χ2v) is 5.96. The lowest BCUT2D eigenvalue weighted by molar-refractivity contribution is 0.364. The predicted octanol–water partition coefficient (Wildman–Crippen LogP) is -0.0407. The fourth-order valence-corrected chi connectivity index (χ4v) is 2.99. The molecule has 1 heterocycles. The van der Waals surface area contributed by atoms with E-state index in [1.54, 1.807) is 13.8 Å². The van der Waals surface area contributed by atoms with Crippen molar-refractivity contribution in [3.8, 4) is 0 Å². The molecule has 2 atom stereocenters. The molecule has 1 aliphatic heterocycles. The molecule has 1 saturated heterocycles. The number of rotatable bonds is 4. The first-order chi connectivity index (χ1) is 6.89. The summed E-state index contributed by atoms with van der Waals surface area (Å²) in [6.45, 7) is 6.43. The van der Waals surface area contributed by atoms with E-state index in [0.717, 1.165) is 12.8 Å². The van der Waals surface area contributed by atoms with Gasteiger partial charge in [-0.15, -0.1) is 0 Å². The summed E-state index contributed by atoms with van der Waals surface area (Å²) in [7, 11) is -3.34. The Balaban J connectivity index is 2.41. The molecule has 0 saturated carbocycles. The molecule has 0 aromatic carbocycles. The van der Waals surface area contributed by atoms with Crippen molar-refractivity contribution in [1.82, 2.24) is 14.8 Å². The van der Waals surface area contributed by atoms with Gasteiger partial charge in [0.1, 0.15) is 0 Å². The Hall–Kier alpha value is -0.170. The molecule has 2 unspecified atom stereocenters. The standard InChI is InChI=1S/C9H21N3O2S/c1-7(2)11-15(13,14)12-9-5-4-8(3)10-6-9/h7-12H,4-6H2,1-3H3. The van der Waals surface area contributed by atoms with E-state index in [2.05, 4.69) is 21.7 Å². The Morgan fingerprint density at radius 2 is 2.00 bits per heavy atom. The Labute approximate surface area is 92.2 Å². The van der Waals surface area contributed by atoms with Crippen LogP contribution in [0.1, 0.15) is 33.6 Å². The summed E-state index contributed by atoms with van der Waals surface area (Å²) in [6.07, 6.45) is 1.90. The molecular weight excluding hydrogens is 214 g/mol. The van der Waals surface area contributed by atoms with E-state index in [4.69, 9.17) is 0 Å². The van der Waals surface area contributed by atoms with Crippen LogP contribution in [0.2, 0.25) is 0 Å². The molecule has 0 aromatic rings. The van der Waals surface area contributed by atoms with Crippen molar-refractivity contribution >= 4 is 10.2 Å². The molecule has 15 heavy (non-hydrogen) atoms. The van der Waals surface area contributed by atoms with Gasteiger partial charge in [0.15, 0.2) is 0 Å². The zero-order valence-electron chi connectivity index (χ0n) is 9.58. The van der Waals surface area contributed by atoms with E-state index in [1.807, 2.05) is 0 Å². The Morgan fingerprint density at radius 3 is 2.47 bits per heavy atom. The van der Waals surface area contributed by atoms with E-state index < -0.39 is 10.2 Å². The molecule has 3 N–H and O–H groups in total. The maximum absolute atomic E-state index is 11.5. The molecule has 1 rings (SSSR count). The first-order valence-corrected chi connectivity index (χ1v) is 6.90. The molecule has 90 valence electrons. The van der Waals surface area contributed by atoms with Crippen LogP contribution in [-0.4, -0.2) is 33.1 Å². The van der Waals surface area contributed by atoms with Gasteiger partial charge in [-0.1, -0.05) is 0 Å². The van der Waals surface area contributed by atoms with Crippen molar-refractivity contribution in [1.29, 1.82) is 0 Å². The van der Waals surface area contributed by atoms with Crippen molar-refractivity contribution in [2.24, 2.45) is 0 Å². The summed E-state index contributed by atoms with van der Waals surface area (Å²) < 4.78 is 28.2. The molecule has 1 fully saturated rings. The molecule has 1 aliphatic rings. The van der Waals surface area contributed by atoms with Crippen LogP contribution in [-0.2, 0) is 10.2 Å². The van der Waals surface area contributed by atoms with Crippen molar-refractivity contribution in [2.75, 3.05) is 6.54 Å². The number of hydrogen-bond donors (Lipinski definition) is 3. The Morgan fingerprint density at radius 1 is 1.33 bits per heavy atom. The summed E-state index contributed by atoms with van der Waals surface area (Å²) in [5, 5.41) is 3.25. The minimum atomic E-state index is -3.34. The second kappa shape index (κ2) is 5.25. The van der Waals surface area contributed by atoms with Crippen molar-refractivity contribution in [3.63, 3.8) is 0 Å². The summed E-state index contributed by atoms with van der Waals surface area (Å²) in [6, 6.07) is 0.430. The number of piperidine rings is 1. The van der Waals surface area contributed by atoms with Gasteiger partial charge in [-0.05, 0) is 33.6 Å². The maximum Gasteiger partial charge on any atom is 0.277 e. The third-order valence-electron chi connectivity index (χ3n) is 2.37. The van der Waals surface area contributed by atoms with Crippen LogP contribution in [0.25, 0.3) is 0 Å². The van der Waals surface area contributed by atoms with E-state index in [0.29, 0.717) is 12.6 Å². The normalized spacial score (nSPS) is 28.3. The van der Waals surface area contributed by atoms with Crippen molar-refractivity contribution in [3.05, 3.63) is 0 Å². The van der Waals surface area contributed by atoms with Crippen LogP contribution < -0.4 is 14.8 Å². The molecule has 6 heteroatoms. The maximum atomic E-state index is 11.5. The Kier molecular flexibility index (Phi) is 4.51. The third kappa shape index (κ3) is 4.92. The van der Waals surface area contributed by atoms with E-state index in [1.165, 1.54) is 0 Å². The highest BCUT2D eigenvalue weighted by Gasteiger charge is 2.22. The van der Waals surface area contributed by atoms with Crippen LogP contribution in [0.3, 0.4) is 0 Å². The van der Waals surface area contributed by atoms with E-state index in [-0.39, 0.29) is 12.1 Å². The topological polar surface area (TPSA) is 70.2 Å². The second-order valence-electron chi connectivity index (χ2n) is 4.48. The average molecular weight is 235 g/mol. The Bertz CT molecular complexity index is 282. The SMILES string of the molecule is CC(C)NS(=O)(=O)NC1CCC(C)NC1. The summed E-state index contributed by atoms with van der Waals surface area (Å²) in [4.78, 5) is 0. The average Bonchev–Trinajstić information content (AvgIpc) is 2.06. The van der Waals surface area contributed by atoms with Gasteiger partial charge in [-0.2, -0.15) is 17.9 Å². The minimum Gasteiger partial charge on any atom is -0.313 e. The predicted molar refractivity (Wildman–Crippen MR) is 60.8 cm³/mol. The van der Waals surface area contributed by atoms with E-state index in [9.17, 15) is 8.42 Å². The van der Waals surface area contributed by atoms with Crippen molar-refractivity contribution < 1.29 is 8.42 Å². The highest BCUT2D eigenvalue weighted by Crippen LogP contribution is 2.07. The molecule has 0 aliphatic carbocycles. The first-order valence-electron chi connectivity index (χ1n) is 5.42. The van der Waals surface area contributed by atoms with Gasteiger partial charge in [-0.25, -0.2) is 0 Å². The monoisotopic (exact) mass is 235 g/mol. The van der Waals surface area contributed by atoms with Gasteiger partial charge < -0.3 is 5.32 Å². The number of nitrogens with one attached hydrogen (secondary N) is 3. The van der Waals surface area contributed by atoms with Gasteiger partial charge in [0.25, 0.3) is 10.2 Å². The first kappa shape index (κ1) is 12.9. The van der Waals surface area contributed by atoms with Crippen LogP contribution in [0.15, 0.2) is 0 Å². The highest BCUT2D eigenvalue weighted by molar-refractivity contribution is 7.87. The summed E-state index contributed by atoms with van der Waals surface area (Å²) in [5.74, 6) is 0. The highest BCUT2D eigenvalue weighted by atomic mass is 32.2. The lowest BCUT2D eigenvalue weighted by Gasteiger charge is -2.28. The summed E-state index contributed by atoms with van der Waals surface area (Å²) in [5.41, 5.74) is 0. The number of hydrogen-bond acceptors (Lipinski definition) is 3. The zero-order valence-corrected chi connectivity index (χ0v) is 10.4. The van der Waals surface area contributed by atoms with Gasteiger partial charge in [-0.3, -0.25) is 0 Å². The van der Waals surface area contributed by atoms with Crippen LogP contribution >= 0.6 is 0 Å². The molecule has 0 radical (unpaired) electrons. The molecule has 0 aromatic heterocycles. The molecule has 0 bridgehead atoms. The van der Waals surface area contributed by atoms with Crippen LogP contribution in [0.5, 0.6) is 0 Å². The van der Waals surface area contributed by atoms with Crippen LogP contribution in [0.4, 0.5) is 0 Å². The fraction of sp³-hybridized carbons (Fsp3) is 1.00. The molecule has 5 nitrogen and oxygen atoms in total. The minimum absolute atomic E-state index is 0.0115. The third-order valence-corrected chi connectivity index (χ3v) is 3.80.